The van der Waals surface area contributed by atoms with Crippen molar-refractivity contribution < 1.29 is 13.2 Å². The van der Waals surface area contributed by atoms with Gasteiger partial charge in [0.15, 0.2) is 9.84 Å². The minimum atomic E-state index is -2.98. The van der Waals surface area contributed by atoms with Gasteiger partial charge in [-0.1, -0.05) is 23.7 Å². The topological polar surface area (TPSA) is 66.5 Å². The quantitative estimate of drug-likeness (QED) is 0.878. The van der Waals surface area contributed by atoms with Crippen molar-refractivity contribution in [3.8, 4) is 0 Å². The summed E-state index contributed by atoms with van der Waals surface area (Å²) in [6.45, 7) is 2.43. The minimum Gasteiger partial charge on any atom is -0.351 e. The molecule has 0 unspecified atom stereocenters. The average molecular weight is 345 g/mol. The van der Waals surface area contributed by atoms with E-state index in [9.17, 15) is 13.2 Å². The zero-order valence-electron chi connectivity index (χ0n) is 12.8. The van der Waals surface area contributed by atoms with Crippen LogP contribution in [0.2, 0.25) is 5.02 Å². The van der Waals surface area contributed by atoms with Gasteiger partial charge in [-0.05, 0) is 38.1 Å². The molecule has 0 spiro atoms. The van der Waals surface area contributed by atoms with Crippen molar-refractivity contribution >= 4 is 27.3 Å². The molecule has 1 N–H and O–H groups in total. The van der Waals surface area contributed by atoms with Crippen molar-refractivity contribution in [2.75, 3.05) is 18.6 Å². The first-order valence-electron chi connectivity index (χ1n) is 7.22. The Morgan fingerprint density at radius 2 is 2.05 bits per heavy atom. The van der Waals surface area contributed by atoms with E-state index in [-0.39, 0.29) is 29.5 Å². The van der Waals surface area contributed by atoms with Crippen LogP contribution in [0, 0.1) is 0 Å². The number of likely N-dealkylation sites (N-methyl/N-ethyl adjacent to an activating group) is 1. The van der Waals surface area contributed by atoms with Crippen LogP contribution in [-0.4, -0.2) is 49.9 Å². The third-order valence-corrected chi connectivity index (χ3v) is 5.98. The summed E-state index contributed by atoms with van der Waals surface area (Å²) in [4.78, 5) is 14.1. The van der Waals surface area contributed by atoms with Gasteiger partial charge in [0.05, 0.1) is 17.5 Å². The van der Waals surface area contributed by atoms with Gasteiger partial charge >= 0.3 is 0 Å². The number of carbonyl (C=O) groups is 1. The fourth-order valence-corrected chi connectivity index (χ4v) is 4.24. The predicted octanol–water partition coefficient (Wildman–Crippen LogP) is 1.46. The van der Waals surface area contributed by atoms with E-state index >= 15 is 0 Å². The number of hydrogen-bond donors (Lipinski definition) is 1. The molecule has 0 saturated carbocycles. The first-order chi connectivity index (χ1) is 10.3. The Bertz CT molecular complexity index is 631. The van der Waals surface area contributed by atoms with Gasteiger partial charge in [0.1, 0.15) is 0 Å². The van der Waals surface area contributed by atoms with Crippen molar-refractivity contribution in [2.24, 2.45) is 0 Å². The number of sulfone groups is 1. The Morgan fingerprint density at radius 1 is 1.41 bits per heavy atom. The van der Waals surface area contributed by atoms with Crippen LogP contribution in [0.3, 0.4) is 0 Å². The second kappa shape index (κ2) is 6.98. The van der Waals surface area contributed by atoms with Gasteiger partial charge in [-0.15, -0.1) is 0 Å². The molecule has 1 saturated heterocycles. The van der Waals surface area contributed by atoms with E-state index < -0.39 is 9.84 Å². The second-order valence-electron chi connectivity index (χ2n) is 5.83. The summed E-state index contributed by atoms with van der Waals surface area (Å²) in [6, 6.07) is 6.89. The molecule has 1 aromatic carbocycles. The molecule has 2 atom stereocenters. The highest BCUT2D eigenvalue weighted by Gasteiger charge is 2.30. The Kier molecular flexibility index (Phi) is 5.47. The van der Waals surface area contributed by atoms with Crippen LogP contribution in [0.5, 0.6) is 0 Å². The molecule has 0 aromatic heterocycles. The lowest BCUT2D eigenvalue weighted by atomic mass is 10.1. The summed E-state index contributed by atoms with van der Waals surface area (Å²) in [5.74, 6) is 0.0674. The fraction of sp³-hybridized carbons (Fsp3) is 0.533. The number of amides is 1. The van der Waals surface area contributed by atoms with Crippen LogP contribution >= 0.6 is 11.6 Å². The van der Waals surface area contributed by atoms with Gasteiger partial charge in [-0.3, -0.25) is 9.69 Å². The predicted molar refractivity (Wildman–Crippen MR) is 87.6 cm³/mol. The van der Waals surface area contributed by atoms with Crippen molar-refractivity contribution in [1.29, 1.82) is 0 Å². The molecular formula is C15H21ClN2O3S. The number of hydrogen-bond acceptors (Lipinski definition) is 4. The summed E-state index contributed by atoms with van der Waals surface area (Å²) >= 11 is 5.85. The molecular weight excluding hydrogens is 324 g/mol. The number of halogens is 1. The summed E-state index contributed by atoms with van der Waals surface area (Å²) in [5, 5.41) is 3.51. The Hall–Kier alpha value is -1.11. The Balaban J connectivity index is 1.88. The molecule has 0 bridgehead atoms. The maximum Gasteiger partial charge on any atom is 0.237 e. The highest BCUT2D eigenvalue weighted by Crippen LogP contribution is 2.14. The monoisotopic (exact) mass is 344 g/mol. The van der Waals surface area contributed by atoms with Crippen molar-refractivity contribution in [3.63, 3.8) is 0 Å². The molecule has 7 heteroatoms. The summed E-state index contributed by atoms with van der Waals surface area (Å²) in [5.41, 5.74) is 1.06. The molecule has 1 aliphatic rings. The van der Waals surface area contributed by atoms with E-state index in [0.29, 0.717) is 18.0 Å². The molecule has 1 fully saturated rings. The molecule has 0 aliphatic carbocycles. The molecule has 22 heavy (non-hydrogen) atoms. The van der Waals surface area contributed by atoms with Gasteiger partial charge in [0.2, 0.25) is 5.91 Å². The van der Waals surface area contributed by atoms with E-state index in [1.54, 1.807) is 0 Å². The highest BCUT2D eigenvalue weighted by atomic mass is 35.5. The molecule has 1 amide bonds. The zero-order chi connectivity index (χ0) is 16.3. The minimum absolute atomic E-state index is 0.0480. The second-order valence-corrected chi connectivity index (χ2v) is 8.49. The zero-order valence-corrected chi connectivity index (χ0v) is 14.3. The van der Waals surface area contributed by atoms with Crippen molar-refractivity contribution in [1.82, 2.24) is 10.2 Å². The summed E-state index contributed by atoms with van der Waals surface area (Å²) in [6.07, 6.45) is 0.502. The van der Waals surface area contributed by atoms with E-state index in [1.165, 1.54) is 0 Å². The number of nitrogens with one attached hydrogen (secondary N) is 1. The number of rotatable bonds is 5. The van der Waals surface area contributed by atoms with E-state index in [0.717, 1.165) is 5.56 Å². The van der Waals surface area contributed by atoms with Crippen LogP contribution in [0.1, 0.15) is 18.9 Å². The van der Waals surface area contributed by atoms with Crippen molar-refractivity contribution in [2.45, 2.75) is 32.0 Å². The highest BCUT2D eigenvalue weighted by molar-refractivity contribution is 7.91. The molecule has 2 rings (SSSR count). The maximum atomic E-state index is 12.2. The van der Waals surface area contributed by atoms with Crippen LogP contribution in [0.15, 0.2) is 24.3 Å². The van der Waals surface area contributed by atoms with Crippen molar-refractivity contribution in [3.05, 3.63) is 34.9 Å². The summed E-state index contributed by atoms with van der Waals surface area (Å²) < 4.78 is 22.8. The molecule has 0 radical (unpaired) electrons. The third-order valence-electron chi connectivity index (χ3n) is 3.96. The lowest BCUT2D eigenvalue weighted by Crippen LogP contribution is -2.47. The van der Waals surface area contributed by atoms with Crippen LogP contribution in [0.25, 0.3) is 0 Å². The molecule has 1 aliphatic heterocycles. The normalized spacial score (nSPS) is 21.7. The lowest BCUT2D eigenvalue weighted by Gasteiger charge is -2.25. The van der Waals surface area contributed by atoms with E-state index in [2.05, 4.69) is 5.32 Å². The summed E-state index contributed by atoms with van der Waals surface area (Å²) in [7, 11) is -1.12. The third kappa shape index (κ3) is 4.69. The van der Waals surface area contributed by atoms with Crippen LogP contribution < -0.4 is 5.32 Å². The molecule has 122 valence electrons. The fourth-order valence-electron chi connectivity index (χ4n) is 2.45. The first-order valence-corrected chi connectivity index (χ1v) is 9.42. The number of benzene rings is 1. The van der Waals surface area contributed by atoms with E-state index in [4.69, 9.17) is 11.6 Å². The van der Waals surface area contributed by atoms with E-state index in [1.807, 2.05) is 43.1 Å². The first kappa shape index (κ1) is 17.2. The van der Waals surface area contributed by atoms with Gasteiger partial charge < -0.3 is 5.32 Å². The SMILES string of the molecule is C[C@@H](C(=O)N[C@H]1CCS(=O)(=O)C1)N(C)Cc1ccc(Cl)cc1. The smallest absolute Gasteiger partial charge is 0.237 e. The van der Waals surface area contributed by atoms with Gasteiger partial charge in [0.25, 0.3) is 0 Å². The molecule has 1 aromatic rings. The standard InChI is InChI=1S/C15H21ClN2O3S/c1-11(15(19)17-14-7-8-22(20,21)10-14)18(2)9-12-3-5-13(16)6-4-12/h3-6,11,14H,7-10H2,1-2H3,(H,17,19)/t11-,14-/m0/s1. The molecule has 5 nitrogen and oxygen atoms in total. The van der Waals surface area contributed by atoms with Gasteiger partial charge in [-0.2, -0.15) is 0 Å². The average Bonchev–Trinajstić information content (AvgIpc) is 2.79. The number of carbonyl (C=O) groups excluding carboxylic acids is 1. The maximum absolute atomic E-state index is 12.2. The van der Waals surface area contributed by atoms with Gasteiger partial charge in [0, 0.05) is 17.6 Å². The number of nitrogens with zero attached hydrogens (tertiary/aromatic N) is 1. The van der Waals surface area contributed by atoms with Crippen LogP contribution in [-0.2, 0) is 21.2 Å². The Labute approximate surface area is 136 Å². The molecule has 1 heterocycles. The Morgan fingerprint density at radius 3 is 2.59 bits per heavy atom. The lowest BCUT2D eigenvalue weighted by molar-refractivity contribution is -0.126. The van der Waals surface area contributed by atoms with Gasteiger partial charge in [-0.25, -0.2) is 8.42 Å². The van der Waals surface area contributed by atoms with Crippen LogP contribution in [0.4, 0.5) is 0 Å². The largest absolute Gasteiger partial charge is 0.351 e.